The second-order valence-corrected chi connectivity index (χ2v) is 5.70. The van der Waals surface area contributed by atoms with E-state index in [0.717, 1.165) is 31.5 Å². The van der Waals surface area contributed by atoms with Crippen molar-refractivity contribution in [3.05, 3.63) is 29.6 Å². The molecule has 2 saturated heterocycles. The van der Waals surface area contributed by atoms with E-state index in [2.05, 4.69) is 10.2 Å². The van der Waals surface area contributed by atoms with Crippen LogP contribution >= 0.6 is 0 Å². The van der Waals surface area contributed by atoms with E-state index in [1.54, 1.807) is 0 Å². The topological polar surface area (TPSA) is 58.4 Å². The molecule has 3 N–H and O–H groups in total. The Morgan fingerprint density at radius 2 is 2.25 bits per heavy atom. The number of halogens is 1. The summed E-state index contributed by atoms with van der Waals surface area (Å²) in [6, 6.07) is 5.48. The first kappa shape index (κ1) is 13.4. The molecular formula is C15H20FN3O. The van der Waals surface area contributed by atoms with Crippen LogP contribution < -0.4 is 16.0 Å². The van der Waals surface area contributed by atoms with Gasteiger partial charge in [-0.05, 0) is 36.5 Å². The van der Waals surface area contributed by atoms with E-state index in [-0.39, 0.29) is 17.8 Å². The maximum atomic E-state index is 14.1. The molecule has 1 amide bonds. The molecule has 5 heteroatoms. The monoisotopic (exact) mass is 277 g/mol. The molecule has 2 aliphatic rings. The zero-order valence-electron chi connectivity index (χ0n) is 11.4. The van der Waals surface area contributed by atoms with E-state index in [9.17, 15) is 9.18 Å². The van der Waals surface area contributed by atoms with E-state index < -0.39 is 0 Å². The fourth-order valence-corrected chi connectivity index (χ4v) is 3.26. The van der Waals surface area contributed by atoms with Crippen LogP contribution in [0.1, 0.15) is 24.8 Å². The molecule has 2 aliphatic heterocycles. The van der Waals surface area contributed by atoms with Crippen LogP contribution in [0.5, 0.6) is 0 Å². The second-order valence-electron chi connectivity index (χ2n) is 5.70. The molecule has 1 aromatic carbocycles. The number of piperidine rings is 2. The summed E-state index contributed by atoms with van der Waals surface area (Å²) < 4.78 is 14.1. The Balaban J connectivity index is 1.74. The first-order valence-electron chi connectivity index (χ1n) is 7.20. The van der Waals surface area contributed by atoms with Crippen LogP contribution in [0, 0.1) is 11.7 Å². The van der Waals surface area contributed by atoms with Gasteiger partial charge in [0.25, 0.3) is 0 Å². The zero-order valence-corrected chi connectivity index (χ0v) is 11.4. The fourth-order valence-electron chi connectivity index (χ4n) is 3.26. The summed E-state index contributed by atoms with van der Waals surface area (Å²) in [5.41, 5.74) is 6.99. The molecule has 2 atom stereocenters. The highest BCUT2D eigenvalue weighted by Gasteiger charge is 2.34. The lowest BCUT2D eigenvalue weighted by Gasteiger charge is -2.42. The molecule has 0 aromatic heterocycles. The highest BCUT2D eigenvalue weighted by molar-refractivity contribution is 5.77. The molecule has 0 aliphatic carbocycles. The molecule has 0 spiro atoms. The third-order valence-electron chi connectivity index (χ3n) is 4.41. The van der Waals surface area contributed by atoms with Crippen LogP contribution in [0.4, 0.5) is 10.1 Å². The Hall–Kier alpha value is -1.62. The first-order valence-corrected chi connectivity index (χ1v) is 7.20. The quantitative estimate of drug-likeness (QED) is 0.859. The number of anilines is 1. The van der Waals surface area contributed by atoms with E-state index in [1.807, 2.05) is 12.1 Å². The number of hydrogen-bond acceptors (Lipinski definition) is 3. The lowest BCUT2D eigenvalue weighted by molar-refractivity contribution is -0.124. The number of rotatable bonds is 2. The average Bonchev–Trinajstić information content (AvgIpc) is 2.46. The van der Waals surface area contributed by atoms with Crippen molar-refractivity contribution in [2.75, 3.05) is 18.0 Å². The molecule has 108 valence electrons. The van der Waals surface area contributed by atoms with E-state index in [1.165, 1.54) is 6.07 Å². The number of nitrogens with one attached hydrogen (secondary N) is 1. The molecule has 0 radical (unpaired) electrons. The van der Waals surface area contributed by atoms with Crippen LogP contribution in [0.2, 0.25) is 0 Å². The van der Waals surface area contributed by atoms with Crippen LogP contribution in [-0.4, -0.2) is 25.0 Å². The minimum atomic E-state index is -0.203. The van der Waals surface area contributed by atoms with Crippen molar-refractivity contribution >= 4 is 11.6 Å². The van der Waals surface area contributed by atoms with Gasteiger partial charge in [0.1, 0.15) is 5.82 Å². The van der Waals surface area contributed by atoms with Crippen LogP contribution in [0.25, 0.3) is 0 Å². The third kappa shape index (κ3) is 2.50. The van der Waals surface area contributed by atoms with Gasteiger partial charge in [-0.1, -0.05) is 6.07 Å². The van der Waals surface area contributed by atoms with Gasteiger partial charge in [0.15, 0.2) is 0 Å². The number of fused-ring (bicyclic) bond motifs is 1. The van der Waals surface area contributed by atoms with E-state index >= 15 is 0 Å². The summed E-state index contributed by atoms with van der Waals surface area (Å²) in [6.45, 7) is 1.94. The standard InChI is InChI=1S/C15H20FN3O/c16-12-7-10(8-17)1-3-14(12)19-6-5-13-11(9-19)2-4-15(20)18-13/h1,3,7,11,13H,2,4-6,8-9,17H2,(H,18,20). The lowest BCUT2D eigenvalue weighted by Crippen LogP contribution is -2.54. The van der Waals surface area contributed by atoms with Crippen LogP contribution in [0.15, 0.2) is 18.2 Å². The summed E-state index contributed by atoms with van der Waals surface area (Å²) in [5.74, 6) is 0.374. The normalized spacial score (nSPS) is 26.1. The van der Waals surface area contributed by atoms with Crippen LogP contribution in [-0.2, 0) is 11.3 Å². The van der Waals surface area contributed by atoms with Gasteiger partial charge in [0.2, 0.25) is 5.91 Å². The summed E-state index contributed by atoms with van der Waals surface area (Å²) in [6.07, 6.45) is 2.37. The van der Waals surface area contributed by atoms with Gasteiger partial charge >= 0.3 is 0 Å². The maximum Gasteiger partial charge on any atom is 0.220 e. The predicted octanol–water partition coefficient (Wildman–Crippen LogP) is 1.39. The smallest absolute Gasteiger partial charge is 0.220 e. The van der Waals surface area contributed by atoms with Crippen molar-refractivity contribution in [3.8, 4) is 0 Å². The van der Waals surface area contributed by atoms with Gasteiger partial charge in [0.05, 0.1) is 5.69 Å². The molecule has 0 bridgehead atoms. The summed E-state index contributed by atoms with van der Waals surface area (Å²) >= 11 is 0. The molecule has 3 rings (SSSR count). The van der Waals surface area contributed by atoms with E-state index in [4.69, 9.17) is 5.73 Å². The van der Waals surface area contributed by atoms with Gasteiger partial charge in [-0.15, -0.1) is 0 Å². The van der Waals surface area contributed by atoms with Crippen molar-refractivity contribution < 1.29 is 9.18 Å². The van der Waals surface area contributed by atoms with Crippen LogP contribution in [0.3, 0.4) is 0 Å². The molecule has 4 nitrogen and oxygen atoms in total. The van der Waals surface area contributed by atoms with Gasteiger partial charge in [-0.3, -0.25) is 4.79 Å². The summed E-state index contributed by atoms with van der Waals surface area (Å²) in [4.78, 5) is 13.5. The number of nitrogens with two attached hydrogens (primary N) is 1. The number of carbonyl (C=O) groups excluding carboxylic acids is 1. The average molecular weight is 277 g/mol. The Morgan fingerprint density at radius 3 is 3.00 bits per heavy atom. The molecule has 2 heterocycles. The maximum absolute atomic E-state index is 14.1. The number of benzene rings is 1. The Labute approximate surface area is 118 Å². The number of hydrogen-bond donors (Lipinski definition) is 2. The molecule has 2 fully saturated rings. The van der Waals surface area contributed by atoms with Gasteiger partial charge in [-0.2, -0.15) is 0 Å². The molecule has 0 saturated carbocycles. The fraction of sp³-hybridized carbons (Fsp3) is 0.533. The Morgan fingerprint density at radius 1 is 1.40 bits per heavy atom. The minimum absolute atomic E-state index is 0.151. The highest BCUT2D eigenvalue weighted by Crippen LogP contribution is 2.30. The van der Waals surface area contributed by atoms with Crippen molar-refractivity contribution in [2.24, 2.45) is 11.7 Å². The molecular weight excluding hydrogens is 257 g/mol. The lowest BCUT2D eigenvalue weighted by atomic mass is 9.85. The van der Waals surface area contributed by atoms with Gasteiger partial charge < -0.3 is 16.0 Å². The van der Waals surface area contributed by atoms with Crippen molar-refractivity contribution in [2.45, 2.75) is 31.8 Å². The summed E-state index contributed by atoms with van der Waals surface area (Å²) in [5, 5.41) is 3.05. The first-order chi connectivity index (χ1) is 9.67. The zero-order chi connectivity index (χ0) is 14.1. The number of nitrogens with zero attached hydrogens (tertiary/aromatic N) is 1. The Kier molecular flexibility index (Phi) is 3.61. The largest absolute Gasteiger partial charge is 0.369 e. The number of amides is 1. The number of carbonyl (C=O) groups is 1. The highest BCUT2D eigenvalue weighted by atomic mass is 19.1. The third-order valence-corrected chi connectivity index (χ3v) is 4.41. The van der Waals surface area contributed by atoms with Gasteiger partial charge in [-0.25, -0.2) is 4.39 Å². The Bertz CT molecular complexity index is 520. The molecule has 20 heavy (non-hydrogen) atoms. The van der Waals surface area contributed by atoms with Crippen molar-refractivity contribution in [3.63, 3.8) is 0 Å². The van der Waals surface area contributed by atoms with Crippen molar-refractivity contribution in [1.29, 1.82) is 0 Å². The predicted molar refractivity (Wildman–Crippen MR) is 75.8 cm³/mol. The van der Waals surface area contributed by atoms with E-state index in [0.29, 0.717) is 24.6 Å². The second kappa shape index (κ2) is 5.40. The van der Waals surface area contributed by atoms with Gasteiger partial charge in [0, 0.05) is 32.1 Å². The minimum Gasteiger partial charge on any atom is -0.369 e. The molecule has 2 unspecified atom stereocenters. The SMILES string of the molecule is NCc1ccc(N2CCC3NC(=O)CCC3C2)c(F)c1. The summed E-state index contributed by atoms with van der Waals surface area (Å²) in [7, 11) is 0. The van der Waals surface area contributed by atoms with Crippen molar-refractivity contribution in [1.82, 2.24) is 5.32 Å². The molecule has 1 aromatic rings.